The minimum Gasteiger partial charge on any atom is -0.465 e. The summed E-state index contributed by atoms with van der Waals surface area (Å²) in [6.07, 6.45) is 7.23. The van der Waals surface area contributed by atoms with Crippen molar-refractivity contribution < 1.29 is 18.7 Å². The highest BCUT2D eigenvalue weighted by molar-refractivity contribution is 7.16. The molecule has 0 saturated heterocycles. The Morgan fingerprint density at radius 2 is 2.06 bits per heavy atom. The lowest BCUT2D eigenvalue weighted by Gasteiger charge is -2.27. The number of hydrogen-bond donors (Lipinski definition) is 2. The number of rotatable bonds is 4. The summed E-state index contributed by atoms with van der Waals surface area (Å²) in [7, 11) is 0. The van der Waals surface area contributed by atoms with Gasteiger partial charge < -0.3 is 19.8 Å². The lowest BCUT2D eigenvalue weighted by atomic mass is 9.88. The van der Waals surface area contributed by atoms with Crippen molar-refractivity contribution in [1.29, 1.82) is 0 Å². The highest BCUT2D eigenvalue weighted by Gasteiger charge is 2.33. The van der Waals surface area contributed by atoms with Gasteiger partial charge in [0.25, 0.3) is 5.91 Å². The van der Waals surface area contributed by atoms with Crippen LogP contribution in [0.15, 0.2) is 53.2 Å². The van der Waals surface area contributed by atoms with E-state index in [1.807, 2.05) is 12.1 Å². The second kappa shape index (κ2) is 8.07. The predicted octanol–water partition coefficient (Wildman–Crippen LogP) is 4.94. The van der Waals surface area contributed by atoms with E-state index in [2.05, 4.69) is 17.6 Å². The van der Waals surface area contributed by atoms with Crippen LogP contribution in [0.4, 0.5) is 5.00 Å². The molecule has 6 nitrogen and oxygen atoms in total. The van der Waals surface area contributed by atoms with Crippen molar-refractivity contribution in [3.8, 4) is 5.75 Å². The van der Waals surface area contributed by atoms with Crippen molar-refractivity contribution in [2.45, 2.75) is 32.4 Å². The van der Waals surface area contributed by atoms with Crippen molar-refractivity contribution in [3.63, 3.8) is 0 Å². The summed E-state index contributed by atoms with van der Waals surface area (Å²) in [5.74, 6) is 1.16. The van der Waals surface area contributed by atoms with Gasteiger partial charge in [-0.15, -0.1) is 11.3 Å². The number of benzene rings is 1. The summed E-state index contributed by atoms with van der Waals surface area (Å²) in [6, 6.07) is 10.6. The maximum atomic E-state index is 12.8. The summed E-state index contributed by atoms with van der Waals surface area (Å²) in [5, 5.41) is 7.48. The molecule has 158 valence electrons. The topological polar surface area (TPSA) is 80.6 Å². The van der Waals surface area contributed by atoms with Crippen molar-refractivity contribution >= 4 is 34.3 Å². The molecule has 0 spiro atoms. The molecule has 0 unspecified atom stereocenters. The predicted molar refractivity (Wildman–Crippen MR) is 119 cm³/mol. The average Bonchev–Trinajstić information content (AvgIpc) is 3.40. The standard InChI is InChI=1S/C24H22N2O4S/c1-14-4-10-18-19(13-14)31-24-21(18)23(28)25-22(26-24)15-5-7-17(8-6-15)30-20(27)11-9-16-3-2-12-29-16/h2-3,5-9,11-12,14,22,26H,4,10,13H2,1H3,(H,25,28)/b11-9+/t14-,22-/m0/s1. The third-order valence-corrected chi connectivity index (χ3v) is 6.83. The van der Waals surface area contributed by atoms with Gasteiger partial charge in [-0.05, 0) is 66.6 Å². The molecule has 1 aromatic carbocycles. The van der Waals surface area contributed by atoms with Crippen molar-refractivity contribution in [2.24, 2.45) is 5.92 Å². The van der Waals surface area contributed by atoms with Crippen LogP contribution in [0.5, 0.6) is 5.75 Å². The molecule has 1 aliphatic heterocycles. The number of esters is 1. The number of carbonyl (C=O) groups excluding carboxylic acids is 2. The number of nitrogens with one attached hydrogen (secondary N) is 2. The zero-order valence-electron chi connectivity index (χ0n) is 17.0. The van der Waals surface area contributed by atoms with E-state index in [9.17, 15) is 9.59 Å². The molecule has 2 aromatic heterocycles. The van der Waals surface area contributed by atoms with Gasteiger partial charge in [0.2, 0.25) is 0 Å². The molecule has 31 heavy (non-hydrogen) atoms. The van der Waals surface area contributed by atoms with Gasteiger partial charge in [-0.3, -0.25) is 4.79 Å². The average molecular weight is 435 g/mol. The van der Waals surface area contributed by atoms with Crippen LogP contribution in [0.25, 0.3) is 6.08 Å². The van der Waals surface area contributed by atoms with Gasteiger partial charge in [-0.25, -0.2) is 4.79 Å². The van der Waals surface area contributed by atoms with Gasteiger partial charge in [0.05, 0.1) is 11.8 Å². The molecule has 0 fully saturated rings. The molecular weight excluding hydrogens is 412 g/mol. The van der Waals surface area contributed by atoms with Crippen molar-refractivity contribution in [2.75, 3.05) is 5.32 Å². The summed E-state index contributed by atoms with van der Waals surface area (Å²) in [6.45, 7) is 2.26. The fourth-order valence-electron chi connectivity index (χ4n) is 4.04. The third kappa shape index (κ3) is 4.01. The Hall–Kier alpha value is -3.32. The smallest absolute Gasteiger partial charge is 0.336 e. The quantitative estimate of drug-likeness (QED) is 0.345. The van der Waals surface area contributed by atoms with Crippen LogP contribution in [-0.4, -0.2) is 11.9 Å². The minimum atomic E-state index is -0.490. The highest BCUT2D eigenvalue weighted by atomic mass is 32.1. The van der Waals surface area contributed by atoms with E-state index >= 15 is 0 Å². The molecule has 5 rings (SSSR count). The first-order valence-electron chi connectivity index (χ1n) is 10.3. The number of hydrogen-bond acceptors (Lipinski definition) is 6. The van der Waals surface area contributed by atoms with Crippen LogP contribution < -0.4 is 15.4 Å². The van der Waals surface area contributed by atoms with E-state index in [1.54, 1.807) is 41.7 Å². The van der Waals surface area contributed by atoms with Gasteiger partial charge in [0, 0.05) is 11.0 Å². The number of thiophene rings is 1. The Labute approximate surface area is 183 Å². The van der Waals surface area contributed by atoms with E-state index in [0.29, 0.717) is 17.4 Å². The van der Waals surface area contributed by atoms with Crippen LogP contribution in [0.2, 0.25) is 0 Å². The highest BCUT2D eigenvalue weighted by Crippen LogP contribution is 2.42. The van der Waals surface area contributed by atoms with Gasteiger partial charge in [-0.2, -0.15) is 0 Å². The van der Waals surface area contributed by atoms with E-state index in [-0.39, 0.29) is 12.1 Å². The Morgan fingerprint density at radius 1 is 1.23 bits per heavy atom. The molecule has 7 heteroatoms. The number of carbonyl (C=O) groups is 2. The first kappa shape index (κ1) is 19.6. The molecule has 0 saturated carbocycles. The van der Waals surface area contributed by atoms with Gasteiger partial charge in [0.15, 0.2) is 0 Å². The van der Waals surface area contributed by atoms with Crippen LogP contribution >= 0.6 is 11.3 Å². The molecule has 2 N–H and O–H groups in total. The van der Waals surface area contributed by atoms with Crippen LogP contribution in [-0.2, 0) is 17.6 Å². The summed E-state index contributed by atoms with van der Waals surface area (Å²) in [4.78, 5) is 26.1. The summed E-state index contributed by atoms with van der Waals surface area (Å²) < 4.78 is 10.5. The van der Waals surface area contributed by atoms with Crippen molar-refractivity contribution in [3.05, 3.63) is 76.1 Å². The molecule has 2 aliphatic rings. The molecule has 1 amide bonds. The fraction of sp³-hybridized carbons (Fsp3) is 0.250. The van der Waals surface area contributed by atoms with Crippen LogP contribution in [0.1, 0.15) is 51.6 Å². The number of ether oxygens (including phenoxy) is 1. The van der Waals surface area contributed by atoms with E-state index in [1.165, 1.54) is 22.8 Å². The zero-order chi connectivity index (χ0) is 21.4. The van der Waals surface area contributed by atoms with Crippen LogP contribution in [0, 0.1) is 5.92 Å². The first-order chi connectivity index (χ1) is 15.1. The second-order valence-electron chi connectivity index (χ2n) is 7.95. The first-order valence-corrected chi connectivity index (χ1v) is 11.1. The van der Waals surface area contributed by atoms with Crippen LogP contribution in [0.3, 0.4) is 0 Å². The Balaban J connectivity index is 1.27. The Morgan fingerprint density at radius 3 is 2.84 bits per heavy atom. The largest absolute Gasteiger partial charge is 0.465 e. The lowest BCUT2D eigenvalue weighted by molar-refractivity contribution is -0.128. The molecule has 0 radical (unpaired) electrons. The zero-order valence-corrected chi connectivity index (χ0v) is 17.8. The number of anilines is 1. The maximum Gasteiger partial charge on any atom is 0.336 e. The normalized spacial score (nSPS) is 20.0. The third-order valence-electron chi connectivity index (χ3n) is 5.65. The second-order valence-corrected chi connectivity index (χ2v) is 9.05. The Kier molecular flexibility index (Phi) is 5.11. The molecule has 0 bridgehead atoms. The summed E-state index contributed by atoms with van der Waals surface area (Å²) in [5.41, 5.74) is 2.92. The van der Waals surface area contributed by atoms with Gasteiger partial charge in [0.1, 0.15) is 22.7 Å². The fourth-order valence-corrected chi connectivity index (χ4v) is 5.48. The molecule has 1 aliphatic carbocycles. The monoisotopic (exact) mass is 434 g/mol. The number of amides is 1. The SMILES string of the molecule is C[C@H]1CCc2c(sc3c2C(=O)N[C@H](c2ccc(OC(=O)/C=C/c4ccco4)cc2)N3)C1. The molecule has 3 aromatic rings. The molecule has 2 atom stereocenters. The van der Waals surface area contributed by atoms with Gasteiger partial charge in [-0.1, -0.05) is 19.1 Å². The number of fused-ring (bicyclic) bond motifs is 3. The Bertz CT molecular complexity index is 1150. The molecule has 3 heterocycles. The minimum absolute atomic E-state index is 0.0237. The van der Waals surface area contributed by atoms with E-state index < -0.39 is 5.97 Å². The van der Waals surface area contributed by atoms with E-state index in [0.717, 1.165) is 35.4 Å². The van der Waals surface area contributed by atoms with E-state index in [4.69, 9.17) is 9.15 Å². The summed E-state index contributed by atoms with van der Waals surface area (Å²) >= 11 is 1.70. The molecular formula is C24H22N2O4S. The van der Waals surface area contributed by atoms with Gasteiger partial charge >= 0.3 is 5.97 Å². The number of furan rings is 1. The lowest BCUT2D eigenvalue weighted by Crippen LogP contribution is -2.38. The van der Waals surface area contributed by atoms with Crippen molar-refractivity contribution in [1.82, 2.24) is 5.32 Å². The maximum absolute atomic E-state index is 12.8.